The maximum absolute atomic E-state index is 14.3. The van der Waals surface area contributed by atoms with E-state index >= 15 is 0 Å². The van der Waals surface area contributed by atoms with E-state index in [1.807, 2.05) is 24.4 Å². The van der Waals surface area contributed by atoms with E-state index in [4.69, 9.17) is 16.3 Å². The number of ether oxygens (including phenoxy) is 1. The van der Waals surface area contributed by atoms with Crippen LogP contribution in [0.5, 0.6) is 5.75 Å². The molecule has 1 aromatic heterocycles. The van der Waals surface area contributed by atoms with Gasteiger partial charge in [-0.3, -0.25) is 19.5 Å². The predicted molar refractivity (Wildman–Crippen MR) is 135 cm³/mol. The molecule has 0 aliphatic carbocycles. The van der Waals surface area contributed by atoms with Crippen LogP contribution in [0, 0.1) is 0 Å². The molecule has 0 bridgehead atoms. The van der Waals surface area contributed by atoms with Crippen LogP contribution in [0.1, 0.15) is 40.0 Å². The highest BCUT2D eigenvalue weighted by atomic mass is 35.5. The van der Waals surface area contributed by atoms with E-state index in [-0.39, 0.29) is 17.7 Å². The summed E-state index contributed by atoms with van der Waals surface area (Å²) in [5.41, 5.74) is 1.87. The molecule has 2 unspecified atom stereocenters. The fourth-order valence-corrected chi connectivity index (χ4v) is 5.27. The Hall–Kier alpha value is -3.26. The van der Waals surface area contributed by atoms with E-state index in [0.717, 1.165) is 37.3 Å². The molecule has 0 spiro atoms. The van der Waals surface area contributed by atoms with Crippen molar-refractivity contribution in [1.29, 1.82) is 0 Å². The van der Waals surface area contributed by atoms with Gasteiger partial charge in [-0.25, -0.2) is 0 Å². The number of fused-ring (bicyclic) bond motifs is 1. The second-order valence-electron chi connectivity index (χ2n) is 9.03. The minimum Gasteiger partial charge on any atom is -0.497 e. The highest BCUT2D eigenvalue weighted by molar-refractivity contribution is 6.33. The molecule has 1 fully saturated rings. The Morgan fingerprint density at radius 2 is 1.86 bits per heavy atom. The number of Topliss-reactive ketones (excluding diaryl/α,β-unsaturated/α-hetero) is 1. The van der Waals surface area contributed by atoms with Gasteiger partial charge in [-0.05, 0) is 53.9 Å². The van der Waals surface area contributed by atoms with Gasteiger partial charge in [0.25, 0.3) is 0 Å². The van der Waals surface area contributed by atoms with E-state index in [2.05, 4.69) is 20.5 Å². The summed E-state index contributed by atoms with van der Waals surface area (Å²) in [6.07, 6.45) is 3.56. The average molecular weight is 491 g/mol. The molecule has 1 amide bonds. The molecular weight excluding hydrogens is 464 g/mol. The summed E-state index contributed by atoms with van der Waals surface area (Å²) in [6.45, 7) is 4.97. The van der Waals surface area contributed by atoms with Crippen LogP contribution in [0.15, 0.2) is 60.9 Å². The molecular formula is C27H27ClN4O3. The van der Waals surface area contributed by atoms with Crippen molar-refractivity contribution in [3.63, 3.8) is 0 Å². The van der Waals surface area contributed by atoms with E-state index in [0.29, 0.717) is 27.6 Å². The second-order valence-corrected chi connectivity index (χ2v) is 9.47. The van der Waals surface area contributed by atoms with Crippen LogP contribution in [-0.2, 0) is 10.2 Å². The largest absolute Gasteiger partial charge is 0.497 e. The maximum atomic E-state index is 14.3. The zero-order valence-corrected chi connectivity index (χ0v) is 20.4. The van der Waals surface area contributed by atoms with Gasteiger partial charge in [-0.15, -0.1) is 0 Å². The molecule has 3 heterocycles. The molecule has 2 N–H and O–H groups in total. The lowest BCUT2D eigenvalue weighted by Gasteiger charge is -2.39. The van der Waals surface area contributed by atoms with Crippen LogP contribution < -0.4 is 15.4 Å². The van der Waals surface area contributed by atoms with Crippen molar-refractivity contribution in [2.24, 2.45) is 0 Å². The SMILES string of the molecule is COc1ccc(C2(C)C(=O)Nc3cc(Cl)cc(C(c4cccnc4)N4CCNCC4)c3C2=O)cc1. The molecule has 8 heteroatoms. The standard InChI is InChI=1S/C27H27ClN4O3/c1-27(18-5-7-20(35-2)8-6-18)25(33)23-21(14-19(28)15-22(23)31-26(27)34)24(17-4-3-9-30-16-17)32-12-10-29-11-13-32/h3-9,14-16,24,29H,10-13H2,1-2H3,(H,31,34). The number of nitrogens with zero attached hydrogens (tertiary/aromatic N) is 2. The summed E-state index contributed by atoms with van der Waals surface area (Å²) >= 11 is 6.55. The summed E-state index contributed by atoms with van der Waals surface area (Å²) in [4.78, 5) is 34.3. The van der Waals surface area contributed by atoms with E-state index in [1.54, 1.807) is 50.6 Å². The Labute approximate surface area is 209 Å². The Balaban J connectivity index is 1.69. The molecule has 180 valence electrons. The average Bonchev–Trinajstić information content (AvgIpc) is 2.88. The van der Waals surface area contributed by atoms with E-state index < -0.39 is 5.41 Å². The number of carbonyl (C=O) groups is 2. The number of hydrogen-bond donors (Lipinski definition) is 2. The van der Waals surface area contributed by atoms with Gasteiger partial charge in [0.05, 0.1) is 18.8 Å². The minimum absolute atomic E-state index is 0.239. The van der Waals surface area contributed by atoms with Gasteiger partial charge in [-0.2, -0.15) is 0 Å². The first-order valence-corrected chi connectivity index (χ1v) is 12.0. The summed E-state index contributed by atoms with van der Waals surface area (Å²) in [6, 6.07) is 14.2. The first-order valence-electron chi connectivity index (χ1n) is 11.6. The van der Waals surface area contributed by atoms with Gasteiger partial charge in [0.15, 0.2) is 5.78 Å². The third-order valence-electron chi connectivity index (χ3n) is 7.00. The minimum atomic E-state index is -1.40. The number of methoxy groups -OCH3 is 1. The van der Waals surface area contributed by atoms with Gasteiger partial charge in [0.1, 0.15) is 11.2 Å². The third-order valence-corrected chi connectivity index (χ3v) is 7.21. The number of ketones is 1. The topological polar surface area (TPSA) is 83.6 Å². The van der Waals surface area contributed by atoms with Crippen LogP contribution >= 0.6 is 11.6 Å². The molecule has 2 aliphatic heterocycles. The maximum Gasteiger partial charge on any atom is 0.242 e. The van der Waals surface area contributed by atoms with Gasteiger partial charge >= 0.3 is 0 Å². The van der Waals surface area contributed by atoms with Crippen molar-refractivity contribution < 1.29 is 14.3 Å². The Bertz CT molecular complexity index is 1260. The number of amides is 1. The fourth-order valence-electron chi connectivity index (χ4n) is 5.05. The molecule has 2 aliphatic rings. The Kier molecular flexibility index (Phi) is 6.32. The number of aromatic nitrogens is 1. The fraction of sp³-hybridized carbons (Fsp3) is 0.296. The number of nitrogens with one attached hydrogen (secondary N) is 2. The zero-order valence-electron chi connectivity index (χ0n) is 19.7. The first-order chi connectivity index (χ1) is 16.9. The lowest BCUT2D eigenvalue weighted by molar-refractivity contribution is -0.119. The molecule has 7 nitrogen and oxygen atoms in total. The van der Waals surface area contributed by atoms with Crippen molar-refractivity contribution >= 4 is 29.0 Å². The molecule has 1 saturated heterocycles. The molecule has 35 heavy (non-hydrogen) atoms. The first kappa shape index (κ1) is 23.5. The summed E-state index contributed by atoms with van der Waals surface area (Å²) in [5, 5.41) is 6.83. The van der Waals surface area contributed by atoms with Crippen LogP contribution in [0.3, 0.4) is 0 Å². The van der Waals surface area contributed by atoms with Crippen LogP contribution in [0.4, 0.5) is 5.69 Å². The van der Waals surface area contributed by atoms with Gasteiger partial charge in [-0.1, -0.05) is 29.8 Å². The number of pyridine rings is 1. The van der Waals surface area contributed by atoms with Gasteiger partial charge < -0.3 is 15.4 Å². The highest BCUT2D eigenvalue weighted by Gasteiger charge is 2.49. The zero-order chi connectivity index (χ0) is 24.6. The number of benzene rings is 2. The normalized spacial score (nSPS) is 21.2. The highest BCUT2D eigenvalue weighted by Crippen LogP contribution is 2.43. The lowest BCUT2D eigenvalue weighted by atomic mass is 9.71. The summed E-state index contributed by atoms with van der Waals surface area (Å²) < 4.78 is 5.26. The molecule has 0 saturated carbocycles. The quantitative estimate of drug-likeness (QED) is 0.529. The smallest absolute Gasteiger partial charge is 0.242 e. The van der Waals surface area contributed by atoms with Crippen molar-refractivity contribution in [3.8, 4) is 5.75 Å². The summed E-state index contributed by atoms with van der Waals surface area (Å²) in [7, 11) is 1.58. The van der Waals surface area contributed by atoms with Gasteiger partial charge in [0, 0.05) is 49.2 Å². The number of rotatable bonds is 5. The van der Waals surface area contributed by atoms with Crippen molar-refractivity contribution in [2.45, 2.75) is 18.4 Å². The predicted octanol–water partition coefficient (Wildman–Crippen LogP) is 3.83. The molecule has 2 aromatic carbocycles. The molecule has 2 atom stereocenters. The number of piperazine rings is 1. The lowest BCUT2D eigenvalue weighted by Crippen LogP contribution is -2.50. The number of halogens is 1. The van der Waals surface area contributed by atoms with E-state index in [9.17, 15) is 9.59 Å². The third kappa shape index (κ3) is 4.10. The molecule has 3 aromatic rings. The van der Waals surface area contributed by atoms with Crippen LogP contribution in [0.2, 0.25) is 5.02 Å². The van der Waals surface area contributed by atoms with Crippen molar-refractivity contribution in [2.75, 3.05) is 38.6 Å². The van der Waals surface area contributed by atoms with Gasteiger partial charge in [0.2, 0.25) is 5.91 Å². The molecule has 5 rings (SSSR count). The monoisotopic (exact) mass is 490 g/mol. The van der Waals surface area contributed by atoms with Crippen molar-refractivity contribution in [1.82, 2.24) is 15.2 Å². The number of carbonyl (C=O) groups excluding carboxylic acids is 2. The van der Waals surface area contributed by atoms with Crippen LogP contribution in [-0.4, -0.2) is 54.9 Å². The Morgan fingerprint density at radius 3 is 2.51 bits per heavy atom. The van der Waals surface area contributed by atoms with E-state index in [1.165, 1.54) is 0 Å². The Morgan fingerprint density at radius 1 is 1.11 bits per heavy atom. The van der Waals surface area contributed by atoms with Crippen LogP contribution in [0.25, 0.3) is 0 Å². The van der Waals surface area contributed by atoms with Crippen molar-refractivity contribution in [3.05, 3.63) is 88.2 Å². The number of hydrogen-bond acceptors (Lipinski definition) is 6. The molecule has 0 radical (unpaired) electrons. The number of anilines is 1. The summed E-state index contributed by atoms with van der Waals surface area (Å²) in [5.74, 6) is 0.0230. The second kappa shape index (κ2) is 9.41.